The van der Waals surface area contributed by atoms with E-state index in [1.807, 2.05) is 30.3 Å². The standard InChI is InChI=1S/C25H30O4/c1-3-4-5-6-7-8-9-16-28-22-13-10-19(11-14-22)24-18-21-17-20(25(26)27-2)12-15-23(21)29-24/h10-15,17-18H,3-9,16H2,1-2H3. The molecular weight excluding hydrogens is 364 g/mol. The number of furan rings is 1. The second kappa shape index (κ2) is 10.7. The van der Waals surface area contributed by atoms with E-state index in [-0.39, 0.29) is 5.97 Å². The van der Waals surface area contributed by atoms with Crippen LogP contribution >= 0.6 is 0 Å². The number of ether oxygens (including phenoxy) is 2. The molecule has 0 spiro atoms. The molecule has 0 radical (unpaired) electrons. The number of unbranched alkanes of at least 4 members (excludes halogenated alkanes) is 6. The van der Waals surface area contributed by atoms with Gasteiger partial charge >= 0.3 is 5.97 Å². The molecule has 0 N–H and O–H groups in total. The monoisotopic (exact) mass is 394 g/mol. The third-order valence-electron chi connectivity index (χ3n) is 5.09. The molecule has 0 saturated carbocycles. The van der Waals surface area contributed by atoms with E-state index >= 15 is 0 Å². The van der Waals surface area contributed by atoms with Crippen molar-refractivity contribution in [2.24, 2.45) is 0 Å². The van der Waals surface area contributed by atoms with Gasteiger partial charge in [0.25, 0.3) is 0 Å². The van der Waals surface area contributed by atoms with E-state index in [2.05, 4.69) is 6.92 Å². The predicted molar refractivity (Wildman–Crippen MR) is 116 cm³/mol. The van der Waals surface area contributed by atoms with Crippen molar-refractivity contribution in [2.75, 3.05) is 13.7 Å². The average molecular weight is 395 g/mol. The Balaban J connectivity index is 1.52. The van der Waals surface area contributed by atoms with E-state index in [1.54, 1.807) is 18.2 Å². The summed E-state index contributed by atoms with van der Waals surface area (Å²) < 4.78 is 16.6. The maximum Gasteiger partial charge on any atom is 0.337 e. The lowest BCUT2D eigenvalue weighted by Crippen LogP contribution is -1.99. The molecule has 2 aromatic carbocycles. The smallest absolute Gasteiger partial charge is 0.337 e. The first-order valence-corrected chi connectivity index (χ1v) is 10.6. The van der Waals surface area contributed by atoms with Crippen molar-refractivity contribution >= 4 is 16.9 Å². The molecule has 0 aliphatic rings. The number of carbonyl (C=O) groups excluding carboxylic acids is 1. The molecule has 4 heteroatoms. The van der Waals surface area contributed by atoms with Crippen molar-refractivity contribution in [3.63, 3.8) is 0 Å². The maximum atomic E-state index is 11.7. The van der Waals surface area contributed by atoms with E-state index < -0.39 is 0 Å². The Labute approximate surface area is 172 Å². The van der Waals surface area contributed by atoms with Gasteiger partial charge in [-0.3, -0.25) is 0 Å². The lowest BCUT2D eigenvalue weighted by atomic mass is 10.1. The molecule has 154 valence electrons. The van der Waals surface area contributed by atoms with Crippen LogP contribution in [0.15, 0.2) is 52.9 Å². The summed E-state index contributed by atoms with van der Waals surface area (Å²) in [5, 5.41) is 0.877. The topological polar surface area (TPSA) is 48.7 Å². The normalized spacial score (nSPS) is 11.0. The summed E-state index contributed by atoms with van der Waals surface area (Å²) in [6, 6.07) is 15.2. The number of carbonyl (C=O) groups is 1. The zero-order valence-electron chi connectivity index (χ0n) is 17.4. The first-order chi connectivity index (χ1) is 14.2. The van der Waals surface area contributed by atoms with Crippen LogP contribution in [0.1, 0.15) is 62.2 Å². The summed E-state index contributed by atoms with van der Waals surface area (Å²) in [6.45, 7) is 3.00. The summed E-state index contributed by atoms with van der Waals surface area (Å²) in [5.41, 5.74) is 2.23. The Morgan fingerprint density at radius 2 is 1.62 bits per heavy atom. The molecule has 1 heterocycles. The van der Waals surface area contributed by atoms with E-state index in [9.17, 15) is 4.79 Å². The minimum Gasteiger partial charge on any atom is -0.494 e. The van der Waals surface area contributed by atoms with E-state index in [0.717, 1.165) is 41.1 Å². The lowest BCUT2D eigenvalue weighted by molar-refractivity contribution is 0.0601. The van der Waals surface area contributed by atoms with Crippen LogP contribution in [0, 0.1) is 0 Å². The Morgan fingerprint density at radius 3 is 2.34 bits per heavy atom. The minimum atomic E-state index is -0.350. The van der Waals surface area contributed by atoms with Crippen LogP contribution in [0.4, 0.5) is 0 Å². The fourth-order valence-corrected chi connectivity index (χ4v) is 3.40. The van der Waals surface area contributed by atoms with Crippen LogP contribution in [0.3, 0.4) is 0 Å². The van der Waals surface area contributed by atoms with Gasteiger partial charge in [0, 0.05) is 10.9 Å². The number of hydrogen-bond donors (Lipinski definition) is 0. The van der Waals surface area contributed by atoms with Crippen LogP contribution < -0.4 is 4.74 Å². The Morgan fingerprint density at radius 1 is 0.897 bits per heavy atom. The van der Waals surface area contributed by atoms with Crippen molar-refractivity contribution in [1.29, 1.82) is 0 Å². The number of esters is 1. The van der Waals surface area contributed by atoms with Gasteiger partial charge in [-0.05, 0) is 55.0 Å². The van der Waals surface area contributed by atoms with E-state index in [0.29, 0.717) is 5.56 Å². The fourth-order valence-electron chi connectivity index (χ4n) is 3.40. The molecule has 0 aliphatic carbocycles. The van der Waals surface area contributed by atoms with Crippen molar-refractivity contribution in [3.8, 4) is 17.1 Å². The molecular formula is C25H30O4. The van der Waals surface area contributed by atoms with Crippen molar-refractivity contribution < 1.29 is 18.7 Å². The molecule has 0 atom stereocenters. The Hall–Kier alpha value is -2.75. The number of benzene rings is 2. The van der Waals surface area contributed by atoms with Gasteiger partial charge in [-0.15, -0.1) is 0 Å². The van der Waals surface area contributed by atoms with Gasteiger partial charge in [0.15, 0.2) is 0 Å². The highest BCUT2D eigenvalue weighted by atomic mass is 16.5. The van der Waals surface area contributed by atoms with Crippen LogP contribution in [0.2, 0.25) is 0 Å². The maximum absolute atomic E-state index is 11.7. The van der Waals surface area contributed by atoms with Gasteiger partial charge in [-0.1, -0.05) is 45.4 Å². The molecule has 0 aliphatic heterocycles. The van der Waals surface area contributed by atoms with Crippen molar-refractivity contribution in [1.82, 2.24) is 0 Å². The average Bonchev–Trinajstić information content (AvgIpc) is 3.19. The molecule has 0 saturated heterocycles. The highest BCUT2D eigenvalue weighted by Crippen LogP contribution is 2.29. The molecule has 0 bridgehead atoms. The molecule has 3 aromatic rings. The van der Waals surface area contributed by atoms with E-state index in [4.69, 9.17) is 13.9 Å². The van der Waals surface area contributed by atoms with Crippen LogP contribution in [0.25, 0.3) is 22.3 Å². The van der Waals surface area contributed by atoms with Crippen LogP contribution in [0.5, 0.6) is 5.75 Å². The van der Waals surface area contributed by atoms with Crippen molar-refractivity contribution in [2.45, 2.75) is 51.9 Å². The number of fused-ring (bicyclic) bond motifs is 1. The predicted octanol–water partition coefficient (Wildman–Crippen LogP) is 7.02. The van der Waals surface area contributed by atoms with Gasteiger partial charge in [-0.2, -0.15) is 0 Å². The second-order valence-electron chi connectivity index (χ2n) is 7.35. The Kier molecular flexibility index (Phi) is 7.74. The molecule has 29 heavy (non-hydrogen) atoms. The van der Waals surface area contributed by atoms with Gasteiger partial charge in [-0.25, -0.2) is 4.79 Å². The van der Waals surface area contributed by atoms with Gasteiger partial charge in [0.05, 0.1) is 19.3 Å². The van der Waals surface area contributed by atoms with Gasteiger partial charge in [0.1, 0.15) is 17.1 Å². The third kappa shape index (κ3) is 5.86. The number of rotatable bonds is 11. The van der Waals surface area contributed by atoms with Crippen LogP contribution in [-0.2, 0) is 4.74 Å². The van der Waals surface area contributed by atoms with Gasteiger partial charge < -0.3 is 13.9 Å². The Bertz CT molecular complexity index is 908. The zero-order valence-corrected chi connectivity index (χ0v) is 17.4. The quantitative estimate of drug-likeness (QED) is 0.259. The van der Waals surface area contributed by atoms with Crippen LogP contribution in [-0.4, -0.2) is 19.7 Å². The first-order valence-electron chi connectivity index (χ1n) is 10.6. The zero-order chi connectivity index (χ0) is 20.5. The van der Waals surface area contributed by atoms with Crippen molar-refractivity contribution in [3.05, 3.63) is 54.1 Å². The second-order valence-corrected chi connectivity index (χ2v) is 7.35. The van der Waals surface area contributed by atoms with E-state index in [1.165, 1.54) is 45.6 Å². The summed E-state index contributed by atoms with van der Waals surface area (Å²) in [5.74, 6) is 1.29. The summed E-state index contributed by atoms with van der Waals surface area (Å²) in [7, 11) is 1.38. The summed E-state index contributed by atoms with van der Waals surface area (Å²) >= 11 is 0. The lowest BCUT2D eigenvalue weighted by Gasteiger charge is -2.06. The van der Waals surface area contributed by atoms with Gasteiger partial charge in [0.2, 0.25) is 0 Å². The molecule has 3 rings (SSSR count). The largest absolute Gasteiger partial charge is 0.494 e. The molecule has 0 unspecified atom stereocenters. The molecule has 4 nitrogen and oxygen atoms in total. The molecule has 1 aromatic heterocycles. The number of hydrogen-bond acceptors (Lipinski definition) is 4. The molecule has 0 fully saturated rings. The SMILES string of the molecule is CCCCCCCCCOc1ccc(-c2cc3cc(C(=O)OC)ccc3o2)cc1. The first kappa shape index (κ1) is 21.0. The fraction of sp³-hybridized carbons (Fsp3) is 0.400. The minimum absolute atomic E-state index is 0.350. The summed E-state index contributed by atoms with van der Waals surface area (Å²) in [6.07, 6.45) is 8.95. The third-order valence-corrected chi connectivity index (χ3v) is 5.09. The highest BCUT2D eigenvalue weighted by molar-refractivity contribution is 5.95. The molecule has 0 amide bonds. The summed E-state index contributed by atoms with van der Waals surface area (Å²) in [4.78, 5) is 11.7. The number of methoxy groups -OCH3 is 1. The highest BCUT2D eigenvalue weighted by Gasteiger charge is 2.11.